The summed E-state index contributed by atoms with van der Waals surface area (Å²) in [5.41, 5.74) is 0. The van der Waals surface area contributed by atoms with Gasteiger partial charge in [0.1, 0.15) is 5.82 Å². The van der Waals surface area contributed by atoms with Crippen LogP contribution in [0.3, 0.4) is 0 Å². The maximum absolute atomic E-state index is 12.2. The van der Waals surface area contributed by atoms with E-state index in [-0.39, 0.29) is 11.9 Å². The molecule has 96 valence electrons. The molecule has 4 nitrogen and oxygen atoms in total. The second-order valence-corrected chi connectivity index (χ2v) is 5.53. The van der Waals surface area contributed by atoms with Crippen LogP contribution in [0.15, 0.2) is 18.3 Å². The summed E-state index contributed by atoms with van der Waals surface area (Å²) in [6, 6.07) is 3.29. The van der Waals surface area contributed by atoms with Gasteiger partial charge >= 0.3 is 0 Å². The van der Waals surface area contributed by atoms with Gasteiger partial charge in [-0.15, -0.1) is 0 Å². The molecule has 1 aromatic rings. The molecule has 0 aromatic carbocycles. The Labute approximate surface area is 111 Å². The lowest BCUT2D eigenvalue weighted by atomic mass is 9.94. The molecule has 1 amide bonds. The minimum atomic E-state index is -0.0710. The van der Waals surface area contributed by atoms with E-state index in [2.05, 4.69) is 15.6 Å². The van der Waals surface area contributed by atoms with E-state index in [1.165, 1.54) is 12.8 Å². The van der Waals surface area contributed by atoms with Crippen LogP contribution in [0.4, 0.5) is 5.82 Å². The SMILES string of the molecule is O=C(Nc1cc(Cl)ccn1)C1NCC2CCCC21. The molecule has 1 aliphatic carbocycles. The van der Waals surface area contributed by atoms with Crippen LogP contribution in [-0.4, -0.2) is 23.5 Å². The van der Waals surface area contributed by atoms with Gasteiger partial charge in [-0.25, -0.2) is 4.98 Å². The summed E-state index contributed by atoms with van der Waals surface area (Å²) in [7, 11) is 0. The number of amides is 1. The zero-order valence-electron chi connectivity index (χ0n) is 10.0. The summed E-state index contributed by atoms with van der Waals surface area (Å²) in [6.45, 7) is 0.964. The number of rotatable bonds is 2. The number of carbonyl (C=O) groups excluding carboxylic acids is 1. The molecule has 0 radical (unpaired) electrons. The first-order chi connectivity index (χ1) is 8.74. The summed E-state index contributed by atoms with van der Waals surface area (Å²) >= 11 is 5.87. The molecule has 1 saturated carbocycles. The summed E-state index contributed by atoms with van der Waals surface area (Å²) < 4.78 is 0. The monoisotopic (exact) mass is 265 g/mol. The minimum Gasteiger partial charge on any atom is -0.309 e. The first-order valence-corrected chi connectivity index (χ1v) is 6.77. The zero-order valence-corrected chi connectivity index (χ0v) is 10.8. The van der Waals surface area contributed by atoms with E-state index in [0.29, 0.717) is 22.7 Å². The van der Waals surface area contributed by atoms with E-state index < -0.39 is 0 Å². The third kappa shape index (κ3) is 2.22. The first kappa shape index (κ1) is 11.9. The fourth-order valence-corrected chi connectivity index (χ4v) is 3.31. The van der Waals surface area contributed by atoms with Crippen molar-refractivity contribution in [3.63, 3.8) is 0 Å². The van der Waals surface area contributed by atoms with Crippen LogP contribution in [0.1, 0.15) is 19.3 Å². The Morgan fingerprint density at radius 3 is 3.22 bits per heavy atom. The Kier molecular flexibility index (Phi) is 3.22. The van der Waals surface area contributed by atoms with Crippen molar-refractivity contribution in [1.29, 1.82) is 0 Å². The molecule has 2 fully saturated rings. The number of aromatic nitrogens is 1. The molecule has 2 N–H and O–H groups in total. The number of hydrogen-bond donors (Lipinski definition) is 2. The molecule has 2 heterocycles. The topological polar surface area (TPSA) is 54.0 Å². The van der Waals surface area contributed by atoms with Crippen LogP contribution < -0.4 is 10.6 Å². The van der Waals surface area contributed by atoms with Crippen LogP contribution >= 0.6 is 11.6 Å². The highest BCUT2D eigenvalue weighted by Crippen LogP contribution is 2.37. The Morgan fingerprint density at radius 1 is 1.50 bits per heavy atom. The van der Waals surface area contributed by atoms with E-state index in [4.69, 9.17) is 11.6 Å². The molecule has 3 unspecified atom stereocenters. The first-order valence-electron chi connectivity index (χ1n) is 6.40. The molecule has 3 rings (SSSR count). The normalized spacial score (nSPS) is 30.2. The average Bonchev–Trinajstić information content (AvgIpc) is 2.89. The predicted octanol–water partition coefficient (Wildman–Crippen LogP) is 2.06. The molecule has 0 spiro atoms. The second-order valence-electron chi connectivity index (χ2n) is 5.09. The summed E-state index contributed by atoms with van der Waals surface area (Å²) in [5, 5.41) is 6.74. The number of fused-ring (bicyclic) bond motifs is 1. The quantitative estimate of drug-likeness (QED) is 0.861. The smallest absolute Gasteiger partial charge is 0.242 e. The van der Waals surface area contributed by atoms with Crippen molar-refractivity contribution in [3.05, 3.63) is 23.4 Å². The van der Waals surface area contributed by atoms with Gasteiger partial charge in [0.2, 0.25) is 5.91 Å². The average molecular weight is 266 g/mol. The van der Waals surface area contributed by atoms with Crippen LogP contribution in [-0.2, 0) is 4.79 Å². The standard InChI is InChI=1S/C13H16ClN3O/c14-9-4-5-15-11(6-9)17-13(18)12-10-3-1-2-8(10)7-16-12/h4-6,8,10,12,16H,1-3,7H2,(H,15,17,18). The van der Waals surface area contributed by atoms with Gasteiger partial charge in [-0.05, 0) is 43.4 Å². The fourth-order valence-electron chi connectivity index (χ4n) is 3.15. The lowest BCUT2D eigenvalue weighted by Crippen LogP contribution is -2.39. The Morgan fingerprint density at radius 2 is 2.39 bits per heavy atom. The van der Waals surface area contributed by atoms with Crippen molar-refractivity contribution < 1.29 is 4.79 Å². The molecule has 2 aliphatic rings. The third-order valence-electron chi connectivity index (χ3n) is 4.00. The van der Waals surface area contributed by atoms with Crippen molar-refractivity contribution in [2.75, 3.05) is 11.9 Å². The predicted molar refractivity (Wildman–Crippen MR) is 70.5 cm³/mol. The van der Waals surface area contributed by atoms with Crippen molar-refractivity contribution in [1.82, 2.24) is 10.3 Å². The molecule has 1 saturated heterocycles. The van der Waals surface area contributed by atoms with Gasteiger partial charge in [-0.1, -0.05) is 18.0 Å². The van der Waals surface area contributed by atoms with E-state index in [0.717, 1.165) is 13.0 Å². The van der Waals surface area contributed by atoms with Crippen LogP contribution in [0.2, 0.25) is 5.02 Å². The fraction of sp³-hybridized carbons (Fsp3) is 0.538. The molecule has 18 heavy (non-hydrogen) atoms. The maximum Gasteiger partial charge on any atom is 0.242 e. The molecule has 1 aliphatic heterocycles. The van der Waals surface area contributed by atoms with Crippen LogP contribution in [0.25, 0.3) is 0 Å². The Bertz CT molecular complexity index is 465. The molecule has 1 aromatic heterocycles. The Hall–Kier alpha value is -1.13. The van der Waals surface area contributed by atoms with Crippen molar-refractivity contribution in [2.24, 2.45) is 11.8 Å². The largest absolute Gasteiger partial charge is 0.309 e. The number of hydrogen-bond acceptors (Lipinski definition) is 3. The van der Waals surface area contributed by atoms with E-state index in [1.54, 1.807) is 18.3 Å². The number of anilines is 1. The summed E-state index contributed by atoms with van der Waals surface area (Å²) in [5.74, 6) is 1.70. The Balaban J connectivity index is 1.68. The van der Waals surface area contributed by atoms with Crippen LogP contribution in [0.5, 0.6) is 0 Å². The van der Waals surface area contributed by atoms with Gasteiger partial charge < -0.3 is 10.6 Å². The van der Waals surface area contributed by atoms with Crippen molar-refractivity contribution in [3.8, 4) is 0 Å². The number of halogens is 1. The van der Waals surface area contributed by atoms with Gasteiger partial charge in [-0.2, -0.15) is 0 Å². The van der Waals surface area contributed by atoms with Crippen LogP contribution in [0, 0.1) is 11.8 Å². The number of pyridine rings is 1. The van der Waals surface area contributed by atoms with Gasteiger partial charge in [0.15, 0.2) is 0 Å². The van der Waals surface area contributed by atoms with Crippen molar-refractivity contribution in [2.45, 2.75) is 25.3 Å². The van der Waals surface area contributed by atoms with Gasteiger partial charge in [-0.3, -0.25) is 4.79 Å². The van der Waals surface area contributed by atoms with E-state index in [9.17, 15) is 4.79 Å². The molecule has 3 atom stereocenters. The van der Waals surface area contributed by atoms with Gasteiger partial charge in [0.05, 0.1) is 6.04 Å². The minimum absolute atomic E-state index is 0.0131. The summed E-state index contributed by atoms with van der Waals surface area (Å²) in [6.07, 6.45) is 5.24. The van der Waals surface area contributed by atoms with E-state index in [1.807, 2.05) is 0 Å². The van der Waals surface area contributed by atoms with Crippen molar-refractivity contribution >= 4 is 23.3 Å². The number of nitrogens with zero attached hydrogens (tertiary/aromatic N) is 1. The van der Waals surface area contributed by atoms with Gasteiger partial charge in [0.25, 0.3) is 0 Å². The molecule has 5 heteroatoms. The van der Waals surface area contributed by atoms with Gasteiger partial charge in [0, 0.05) is 11.2 Å². The highest BCUT2D eigenvalue weighted by Gasteiger charge is 2.42. The molecule has 0 bridgehead atoms. The third-order valence-corrected chi connectivity index (χ3v) is 4.24. The highest BCUT2D eigenvalue weighted by molar-refractivity contribution is 6.30. The summed E-state index contributed by atoms with van der Waals surface area (Å²) in [4.78, 5) is 16.3. The highest BCUT2D eigenvalue weighted by atomic mass is 35.5. The maximum atomic E-state index is 12.2. The molecular formula is C13H16ClN3O. The lowest BCUT2D eigenvalue weighted by molar-refractivity contribution is -0.118. The number of nitrogens with one attached hydrogen (secondary N) is 2. The zero-order chi connectivity index (χ0) is 12.5. The lowest BCUT2D eigenvalue weighted by Gasteiger charge is -2.17. The number of carbonyl (C=O) groups is 1. The van der Waals surface area contributed by atoms with E-state index >= 15 is 0 Å². The molecular weight excluding hydrogens is 250 g/mol. The second kappa shape index (κ2) is 4.86.